The highest BCUT2D eigenvalue weighted by molar-refractivity contribution is 7.09. The monoisotopic (exact) mass is 278 g/mol. The maximum Gasteiger partial charge on any atom is 0.166 e. The third kappa shape index (κ3) is 3.45. The number of hydrogen-bond donors (Lipinski definition) is 1. The summed E-state index contributed by atoms with van der Waals surface area (Å²) in [6, 6.07) is 5.90. The lowest BCUT2D eigenvalue weighted by Crippen LogP contribution is -2.08. The summed E-state index contributed by atoms with van der Waals surface area (Å²) in [4.78, 5) is 4.39. The van der Waals surface area contributed by atoms with E-state index in [0.717, 1.165) is 34.3 Å². The summed E-state index contributed by atoms with van der Waals surface area (Å²) in [6.45, 7) is 3.19. The molecule has 0 unspecified atom stereocenters. The average molecular weight is 278 g/mol. The van der Waals surface area contributed by atoms with Crippen LogP contribution in [0.1, 0.15) is 16.3 Å². The fourth-order valence-corrected chi connectivity index (χ4v) is 2.50. The van der Waals surface area contributed by atoms with E-state index in [0.29, 0.717) is 6.61 Å². The molecule has 1 N–H and O–H groups in total. The zero-order chi connectivity index (χ0) is 13.7. The summed E-state index contributed by atoms with van der Waals surface area (Å²) in [5.74, 6) is 1.54. The quantitative estimate of drug-likeness (QED) is 0.882. The molecular weight excluding hydrogens is 260 g/mol. The average Bonchev–Trinajstić information content (AvgIpc) is 2.83. The van der Waals surface area contributed by atoms with Crippen LogP contribution in [0.15, 0.2) is 23.6 Å². The normalized spacial score (nSPS) is 10.5. The highest BCUT2D eigenvalue weighted by Crippen LogP contribution is 2.31. The number of rotatable bonds is 6. The molecule has 0 spiro atoms. The Morgan fingerprint density at radius 3 is 2.84 bits per heavy atom. The molecule has 0 aliphatic carbocycles. The van der Waals surface area contributed by atoms with Crippen molar-refractivity contribution in [2.24, 2.45) is 0 Å². The van der Waals surface area contributed by atoms with Gasteiger partial charge in [-0.2, -0.15) is 0 Å². The third-order valence-corrected chi connectivity index (χ3v) is 3.59. The fourth-order valence-electron chi connectivity index (χ4n) is 1.82. The predicted molar refractivity (Wildman–Crippen MR) is 76.9 cm³/mol. The Labute approximate surface area is 117 Å². The van der Waals surface area contributed by atoms with Gasteiger partial charge >= 0.3 is 0 Å². The molecule has 102 valence electrons. The number of para-hydroxylation sites is 1. The van der Waals surface area contributed by atoms with Crippen LogP contribution in [0.4, 0.5) is 0 Å². The van der Waals surface area contributed by atoms with Crippen molar-refractivity contribution < 1.29 is 9.47 Å². The number of methoxy groups -OCH3 is 1. The van der Waals surface area contributed by atoms with Crippen molar-refractivity contribution in [3.05, 3.63) is 39.8 Å². The SMILES string of the molecule is CNCc1cccc(OC)c1OCc1nc(C)cs1. The van der Waals surface area contributed by atoms with E-state index < -0.39 is 0 Å². The summed E-state index contributed by atoms with van der Waals surface area (Å²) in [5, 5.41) is 6.12. The first-order valence-corrected chi connectivity index (χ1v) is 6.97. The standard InChI is InChI=1S/C14H18N2O2S/c1-10-9-19-13(16-10)8-18-14-11(7-15-2)5-4-6-12(14)17-3/h4-6,9,15H,7-8H2,1-3H3. The number of thiazole rings is 1. The van der Waals surface area contributed by atoms with E-state index in [-0.39, 0.29) is 0 Å². The topological polar surface area (TPSA) is 43.4 Å². The number of aryl methyl sites for hydroxylation is 1. The van der Waals surface area contributed by atoms with E-state index in [4.69, 9.17) is 9.47 Å². The summed E-state index contributed by atoms with van der Waals surface area (Å²) < 4.78 is 11.3. The minimum absolute atomic E-state index is 0.468. The number of benzene rings is 1. The molecule has 0 radical (unpaired) electrons. The molecule has 19 heavy (non-hydrogen) atoms. The Morgan fingerprint density at radius 1 is 1.37 bits per heavy atom. The molecule has 0 bridgehead atoms. The van der Waals surface area contributed by atoms with E-state index in [1.807, 2.05) is 37.6 Å². The molecule has 1 heterocycles. The van der Waals surface area contributed by atoms with E-state index in [1.54, 1.807) is 18.4 Å². The van der Waals surface area contributed by atoms with Crippen LogP contribution in [0.25, 0.3) is 0 Å². The summed E-state index contributed by atoms with van der Waals surface area (Å²) >= 11 is 1.61. The lowest BCUT2D eigenvalue weighted by Gasteiger charge is -2.14. The largest absolute Gasteiger partial charge is 0.493 e. The van der Waals surface area contributed by atoms with Gasteiger partial charge in [-0.3, -0.25) is 0 Å². The smallest absolute Gasteiger partial charge is 0.166 e. The molecule has 0 amide bonds. The van der Waals surface area contributed by atoms with Gasteiger partial charge in [-0.25, -0.2) is 4.98 Å². The zero-order valence-corrected chi connectivity index (χ0v) is 12.2. The van der Waals surface area contributed by atoms with Crippen molar-refractivity contribution in [1.29, 1.82) is 0 Å². The Kier molecular flexibility index (Phi) is 4.76. The van der Waals surface area contributed by atoms with Gasteiger partial charge in [0.1, 0.15) is 11.6 Å². The van der Waals surface area contributed by atoms with Crippen LogP contribution in [0.2, 0.25) is 0 Å². The fraction of sp³-hybridized carbons (Fsp3) is 0.357. The van der Waals surface area contributed by atoms with Crippen molar-refractivity contribution in [1.82, 2.24) is 10.3 Å². The van der Waals surface area contributed by atoms with Crippen LogP contribution < -0.4 is 14.8 Å². The molecule has 5 heteroatoms. The van der Waals surface area contributed by atoms with E-state index >= 15 is 0 Å². The van der Waals surface area contributed by atoms with Crippen molar-refractivity contribution in [2.45, 2.75) is 20.1 Å². The number of ether oxygens (including phenoxy) is 2. The summed E-state index contributed by atoms with van der Waals surface area (Å²) in [6.07, 6.45) is 0. The van der Waals surface area contributed by atoms with Gasteiger partial charge in [-0.1, -0.05) is 12.1 Å². The van der Waals surface area contributed by atoms with E-state index in [1.165, 1.54) is 0 Å². The zero-order valence-electron chi connectivity index (χ0n) is 11.4. The van der Waals surface area contributed by atoms with Crippen LogP contribution in [0.3, 0.4) is 0 Å². The lowest BCUT2D eigenvalue weighted by atomic mass is 10.2. The summed E-state index contributed by atoms with van der Waals surface area (Å²) in [5.41, 5.74) is 2.11. The van der Waals surface area contributed by atoms with Gasteiger partial charge < -0.3 is 14.8 Å². The predicted octanol–water partition coefficient (Wildman–Crippen LogP) is 2.76. The number of nitrogens with zero attached hydrogens (tertiary/aromatic N) is 1. The second kappa shape index (κ2) is 6.54. The highest BCUT2D eigenvalue weighted by atomic mass is 32.1. The molecule has 1 aromatic heterocycles. The molecule has 0 saturated heterocycles. The van der Waals surface area contributed by atoms with Crippen LogP contribution in [0.5, 0.6) is 11.5 Å². The lowest BCUT2D eigenvalue weighted by molar-refractivity contribution is 0.280. The maximum atomic E-state index is 5.89. The molecule has 4 nitrogen and oxygen atoms in total. The maximum absolute atomic E-state index is 5.89. The van der Waals surface area contributed by atoms with Crippen molar-refractivity contribution in [2.75, 3.05) is 14.2 Å². The Hall–Kier alpha value is -1.59. The number of aromatic nitrogens is 1. The first-order valence-electron chi connectivity index (χ1n) is 6.09. The van der Waals surface area contributed by atoms with Gasteiger partial charge in [0, 0.05) is 23.2 Å². The van der Waals surface area contributed by atoms with Crippen LogP contribution in [-0.2, 0) is 13.2 Å². The van der Waals surface area contributed by atoms with E-state index in [9.17, 15) is 0 Å². The molecule has 2 aromatic rings. The first-order chi connectivity index (χ1) is 9.24. The molecule has 0 atom stereocenters. The summed E-state index contributed by atoms with van der Waals surface area (Å²) in [7, 11) is 3.56. The van der Waals surface area contributed by atoms with Crippen molar-refractivity contribution in [3.63, 3.8) is 0 Å². The third-order valence-electron chi connectivity index (χ3n) is 2.65. The minimum Gasteiger partial charge on any atom is -0.493 e. The molecular formula is C14H18N2O2S. The molecule has 0 aliphatic heterocycles. The number of hydrogen-bond acceptors (Lipinski definition) is 5. The van der Waals surface area contributed by atoms with Crippen LogP contribution >= 0.6 is 11.3 Å². The first kappa shape index (κ1) is 13.8. The van der Waals surface area contributed by atoms with Crippen molar-refractivity contribution in [3.8, 4) is 11.5 Å². The van der Waals surface area contributed by atoms with Crippen LogP contribution in [-0.4, -0.2) is 19.1 Å². The Balaban J connectivity index is 2.17. The molecule has 0 saturated carbocycles. The molecule has 0 fully saturated rings. The molecule has 1 aromatic carbocycles. The van der Waals surface area contributed by atoms with Gasteiger partial charge in [0.25, 0.3) is 0 Å². The van der Waals surface area contributed by atoms with Gasteiger partial charge in [0.2, 0.25) is 0 Å². The number of nitrogens with one attached hydrogen (secondary N) is 1. The van der Waals surface area contributed by atoms with Crippen molar-refractivity contribution >= 4 is 11.3 Å². The van der Waals surface area contributed by atoms with Gasteiger partial charge in [-0.15, -0.1) is 11.3 Å². The second-order valence-electron chi connectivity index (χ2n) is 4.15. The minimum atomic E-state index is 0.468. The van der Waals surface area contributed by atoms with Crippen LogP contribution in [0, 0.1) is 6.92 Å². The van der Waals surface area contributed by atoms with Gasteiger partial charge in [0.15, 0.2) is 11.5 Å². The Morgan fingerprint density at radius 2 is 2.21 bits per heavy atom. The Bertz CT molecular complexity index is 540. The molecule has 2 rings (SSSR count). The van der Waals surface area contributed by atoms with E-state index in [2.05, 4.69) is 10.3 Å². The second-order valence-corrected chi connectivity index (χ2v) is 5.09. The van der Waals surface area contributed by atoms with Gasteiger partial charge in [0.05, 0.1) is 7.11 Å². The van der Waals surface area contributed by atoms with Gasteiger partial charge in [-0.05, 0) is 20.0 Å². The molecule has 0 aliphatic rings. The highest BCUT2D eigenvalue weighted by Gasteiger charge is 2.11.